The number of benzene rings is 1. The summed E-state index contributed by atoms with van der Waals surface area (Å²) in [4.78, 5) is 0. The van der Waals surface area contributed by atoms with E-state index in [9.17, 15) is 0 Å². The summed E-state index contributed by atoms with van der Waals surface area (Å²) >= 11 is 0. The molecule has 0 unspecified atom stereocenters. The Morgan fingerprint density at radius 1 is 1.40 bits per heavy atom. The van der Waals surface area contributed by atoms with E-state index in [1.807, 2.05) is 13.8 Å². The van der Waals surface area contributed by atoms with E-state index in [-0.39, 0.29) is 6.61 Å². The average Bonchev–Trinajstić information content (AvgIpc) is 2.15. The molecule has 0 fully saturated rings. The highest BCUT2D eigenvalue weighted by molar-refractivity contribution is 5.47. The summed E-state index contributed by atoms with van der Waals surface area (Å²) in [5, 5.41) is 17.9. The first-order valence-corrected chi connectivity index (χ1v) is 4.86. The molecule has 1 aromatic carbocycles. The Hall–Kier alpha value is -1.53. The molecular formula is C12H15NO2. The van der Waals surface area contributed by atoms with Gasteiger partial charge in [-0.2, -0.15) is 5.26 Å². The molecule has 15 heavy (non-hydrogen) atoms. The van der Waals surface area contributed by atoms with Gasteiger partial charge in [0.2, 0.25) is 0 Å². The summed E-state index contributed by atoms with van der Waals surface area (Å²) in [7, 11) is 0. The molecule has 0 aromatic heterocycles. The fourth-order valence-electron chi connectivity index (χ4n) is 1.45. The van der Waals surface area contributed by atoms with Gasteiger partial charge in [-0.1, -0.05) is 0 Å². The largest absolute Gasteiger partial charge is 0.490 e. The van der Waals surface area contributed by atoms with Gasteiger partial charge in [0.1, 0.15) is 12.4 Å². The van der Waals surface area contributed by atoms with Gasteiger partial charge in [0.25, 0.3) is 0 Å². The second-order valence-electron chi connectivity index (χ2n) is 3.71. The fraction of sp³-hybridized carbons (Fsp3) is 0.417. The van der Waals surface area contributed by atoms with Crippen LogP contribution < -0.4 is 4.74 Å². The van der Waals surface area contributed by atoms with E-state index in [1.54, 1.807) is 19.1 Å². The van der Waals surface area contributed by atoms with Crippen molar-refractivity contribution in [3.05, 3.63) is 28.8 Å². The fourth-order valence-corrected chi connectivity index (χ4v) is 1.45. The average molecular weight is 205 g/mol. The van der Waals surface area contributed by atoms with Crippen LogP contribution in [0.15, 0.2) is 12.1 Å². The predicted octanol–water partition coefficient (Wildman–Crippen LogP) is 1.93. The van der Waals surface area contributed by atoms with Crippen LogP contribution in [0.1, 0.15) is 23.6 Å². The molecule has 0 spiro atoms. The molecule has 3 nitrogen and oxygen atoms in total. The minimum absolute atomic E-state index is 0.271. The molecule has 80 valence electrons. The SMILES string of the molecule is Cc1cc(C#N)cc(C)c1OC[C@@H](C)O. The zero-order valence-corrected chi connectivity index (χ0v) is 9.24. The number of rotatable bonds is 3. The van der Waals surface area contributed by atoms with Crippen LogP contribution in [-0.2, 0) is 0 Å². The lowest BCUT2D eigenvalue weighted by Gasteiger charge is -2.13. The first-order valence-electron chi connectivity index (χ1n) is 4.86. The molecule has 1 N–H and O–H groups in total. The standard InChI is InChI=1S/C12H15NO2/c1-8-4-11(6-13)5-9(2)12(8)15-7-10(3)14/h4-5,10,14H,7H2,1-3H3/t10-/m1/s1. The topological polar surface area (TPSA) is 53.2 Å². The van der Waals surface area contributed by atoms with Gasteiger partial charge in [-0.3, -0.25) is 0 Å². The number of aliphatic hydroxyl groups excluding tert-OH is 1. The summed E-state index contributed by atoms with van der Waals surface area (Å²) in [6, 6.07) is 5.66. The van der Waals surface area contributed by atoms with E-state index in [2.05, 4.69) is 6.07 Å². The molecule has 1 atom stereocenters. The summed E-state index contributed by atoms with van der Waals surface area (Å²) in [6.45, 7) is 5.73. The Balaban J connectivity index is 2.94. The van der Waals surface area contributed by atoms with Gasteiger partial charge in [0, 0.05) is 0 Å². The van der Waals surface area contributed by atoms with E-state index < -0.39 is 6.10 Å². The van der Waals surface area contributed by atoms with Crippen molar-refractivity contribution < 1.29 is 9.84 Å². The van der Waals surface area contributed by atoms with Crippen LogP contribution in [0, 0.1) is 25.2 Å². The smallest absolute Gasteiger partial charge is 0.125 e. The Morgan fingerprint density at radius 3 is 2.33 bits per heavy atom. The number of hydrogen-bond donors (Lipinski definition) is 1. The summed E-state index contributed by atoms with van der Waals surface area (Å²) in [6.07, 6.45) is -0.487. The van der Waals surface area contributed by atoms with Gasteiger partial charge in [-0.15, -0.1) is 0 Å². The van der Waals surface area contributed by atoms with Crippen LogP contribution in [0.5, 0.6) is 5.75 Å². The highest BCUT2D eigenvalue weighted by atomic mass is 16.5. The predicted molar refractivity (Wildman–Crippen MR) is 57.8 cm³/mol. The second kappa shape index (κ2) is 4.81. The molecule has 0 saturated carbocycles. The molecule has 0 radical (unpaired) electrons. The number of aryl methyl sites for hydroxylation is 2. The van der Waals surface area contributed by atoms with Crippen molar-refractivity contribution in [3.63, 3.8) is 0 Å². The van der Waals surface area contributed by atoms with Gasteiger partial charge >= 0.3 is 0 Å². The first-order chi connectivity index (χ1) is 7.04. The van der Waals surface area contributed by atoms with Gasteiger partial charge in [-0.05, 0) is 44.0 Å². The van der Waals surface area contributed by atoms with Crippen LogP contribution in [-0.4, -0.2) is 17.8 Å². The summed E-state index contributed by atoms with van der Waals surface area (Å²) in [5.41, 5.74) is 2.48. The molecule has 3 heteroatoms. The van der Waals surface area contributed by atoms with Crippen molar-refractivity contribution in [2.24, 2.45) is 0 Å². The van der Waals surface area contributed by atoms with Crippen LogP contribution in [0.3, 0.4) is 0 Å². The minimum atomic E-state index is -0.487. The zero-order valence-electron chi connectivity index (χ0n) is 9.24. The first kappa shape index (κ1) is 11.5. The molecule has 1 rings (SSSR count). The maximum atomic E-state index is 9.12. The quantitative estimate of drug-likeness (QED) is 0.820. The van der Waals surface area contributed by atoms with Crippen molar-refractivity contribution >= 4 is 0 Å². The Bertz CT molecular complexity index is 368. The van der Waals surface area contributed by atoms with Crippen molar-refractivity contribution in [2.75, 3.05) is 6.61 Å². The van der Waals surface area contributed by atoms with E-state index in [4.69, 9.17) is 15.1 Å². The van der Waals surface area contributed by atoms with Crippen LogP contribution in [0.2, 0.25) is 0 Å². The monoisotopic (exact) mass is 205 g/mol. The normalized spacial score (nSPS) is 11.9. The van der Waals surface area contributed by atoms with Crippen LogP contribution in [0.4, 0.5) is 0 Å². The molecule has 0 bridgehead atoms. The third-order valence-corrected chi connectivity index (χ3v) is 2.06. The highest BCUT2D eigenvalue weighted by Gasteiger charge is 2.07. The number of aliphatic hydroxyl groups is 1. The zero-order chi connectivity index (χ0) is 11.4. The number of hydrogen-bond acceptors (Lipinski definition) is 3. The molecule has 0 aliphatic carbocycles. The van der Waals surface area contributed by atoms with E-state index in [0.29, 0.717) is 5.56 Å². The van der Waals surface area contributed by atoms with Crippen molar-refractivity contribution in [2.45, 2.75) is 26.9 Å². The Morgan fingerprint density at radius 2 is 1.93 bits per heavy atom. The van der Waals surface area contributed by atoms with E-state index in [1.165, 1.54) is 0 Å². The molecular weight excluding hydrogens is 190 g/mol. The summed E-state index contributed by atoms with van der Waals surface area (Å²) < 4.78 is 5.47. The van der Waals surface area contributed by atoms with Crippen molar-refractivity contribution in [1.29, 1.82) is 5.26 Å². The number of ether oxygens (including phenoxy) is 1. The van der Waals surface area contributed by atoms with Crippen molar-refractivity contribution in [3.8, 4) is 11.8 Å². The lowest BCUT2D eigenvalue weighted by atomic mass is 10.1. The Kier molecular flexibility index (Phi) is 3.70. The Labute approximate surface area is 89.9 Å². The third-order valence-electron chi connectivity index (χ3n) is 2.06. The number of nitriles is 1. The molecule has 0 saturated heterocycles. The molecule has 0 amide bonds. The van der Waals surface area contributed by atoms with E-state index in [0.717, 1.165) is 16.9 Å². The molecule has 0 aliphatic rings. The van der Waals surface area contributed by atoms with Crippen LogP contribution >= 0.6 is 0 Å². The highest BCUT2D eigenvalue weighted by Crippen LogP contribution is 2.24. The molecule has 1 aromatic rings. The van der Waals surface area contributed by atoms with Gasteiger partial charge in [0.05, 0.1) is 17.7 Å². The second-order valence-corrected chi connectivity index (χ2v) is 3.71. The van der Waals surface area contributed by atoms with Crippen LogP contribution in [0.25, 0.3) is 0 Å². The van der Waals surface area contributed by atoms with Crippen molar-refractivity contribution in [1.82, 2.24) is 0 Å². The van der Waals surface area contributed by atoms with Gasteiger partial charge < -0.3 is 9.84 Å². The molecule has 0 heterocycles. The number of nitrogens with zero attached hydrogens (tertiary/aromatic N) is 1. The van der Waals surface area contributed by atoms with Gasteiger partial charge in [0.15, 0.2) is 0 Å². The molecule has 0 aliphatic heterocycles. The third kappa shape index (κ3) is 2.97. The van der Waals surface area contributed by atoms with Gasteiger partial charge in [-0.25, -0.2) is 0 Å². The van der Waals surface area contributed by atoms with E-state index >= 15 is 0 Å². The lowest BCUT2D eigenvalue weighted by molar-refractivity contribution is 0.122. The minimum Gasteiger partial charge on any atom is -0.490 e. The summed E-state index contributed by atoms with van der Waals surface area (Å²) in [5.74, 6) is 0.759. The maximum Gasteiger partial charge on any atom is 0.125 e. The maximum absolute atomic E-state index is 9.12. The lowest BCUT2D eigenvalue weighted by Crippen LogP contribution is -2.13.